The van der Waals surface area contributed by atoms with Crippen molar-refractivity contribution in [1.29, 1.82) is 0 Å². The fourth-order valence-electron chi connectivity index (χ4n) is 1.15. The van der Waals surface area contributed by atoms with Gasteiger partial charge in [-0.25, -0.2) is 0 Å². The van der Waals surface area contributed by atoms with Gasteiger partial charge in [0.2, 0.25) is 5.91 Å². The highest BCUT2D eigenvalue weighted by atomic mass is 16.3. The summed E-state index contributed by atoms with van der Waals surface area (Å²) in [5.74, 6) is -0.428. The molecule has 0 aliphatic carbocycles. The first-order chi connectivity index (χ1) is 5.54. The third-order valence-corrected chi connectivity index (χ3v) is 2.01. The van der Waals surface area contributed by atoms with Crippen LogP contribution >= 0.6 is 0 Å². The molecule has 3 heteroatoms. The van der Waals surface area contributed by atoms with Crippen LogP contribution in [0.4, 0.5) is 0 Å². The number of hydrogen-bond acceptors (Lipinski definition) is 2. The molecule has 0 aromatic carbocycles. The Hall–Kier alpha value is -0.830. The molecule has 3 N–H and O–H groups in total. The van der Waals surface area contributed by atoms with Crippen molar-refractivity contribution < 1.29 is 9.90 Å². The molecule has 0 saturated carbocycles. The van der Waals surface area contributed by atoms with Gasteiger partial charge in [0, 0.05) is 5.57 Å². The van der Waals surface area contributed by atoms with Crippen molar-refractivity contribution in [2.24, 2.45) is 5.73 Å². The van der Waals surface area contributed by atoms with Gasteiger partial charge in [0.1, 0.15) is 0 Å². The maximum absolute atomic E-state index is 10.8. The summed E-state index contributed by atoms with van der Waals surface area (Å²) >= 11 is 0. The van der Waals surface area contributed by atoms with Gasteiger partial charge in [-0.05, 0) is 25.3 Å². The first-order valence-electron chi connectivity index (χ1n) is 4.22. The van der Waals surface area contributed by atoms with Crippen LogP contribution in [-0.4, -0.2) is 17.1 Å². The zero-order chi connectivity index (χ0) is 9.72. The molecule has 0 bridgehead atoms. The lowest BCUT2D eigenvalue weighted by atomic mass is 10.0. The minimum atomic E-state index is -0.535. The summed E-state index contributed by atoms with van der Waals surface area (Å²) in [7, 11) is 0. The van der Waals surface area contributed by atoms with E-state index in [1.54, 1.807) is 6.92 Å². The zero-order valence-electron chi connectivity index (χ0n) is 7.92. The summed E-state index contributed by atoms with van der Waals surface area (Å²) in [4.78, 5) is 10.8. The lowest BCUT2D eigenvalue weighted by Gasteiger charge is -2.12. The minimum Gasteiger partial charge on any atom is -0.389 e. The molecule has 0 aromatic heterocycles. The van der Waals surface area contributed by atoms with Crippen molar-refractivity contribution in [2.45, 2.75) is 39.7 Å². The molecule has 0 spiro atoms. The molecular weight excluding hydrogens is 154 g/mol. The van der Waals surface area contributed by atoms with Crippen molar-refractivity contribution in [3.05, 3.63) is 11.1 Å². The van der Waals surface area contributed by atoms with Gasteiger partial charge < -0.3 is 10.8 Å². The second-order valence-corrected chi connectivity index (χ2v) is 2.80. The number of primary amides is 1. The molecule has 0 saturated heterocycles. The number of aliphatic hydroxyl groups excluding tert-OH is 1. The Bertz CT molecular complexity index is 197. The molecule has 1 unspecified atom stereocenters. The fourth-order valence-corrected chi connectivity index (χ4v) is 1.15. The van der Waals surface area contributed by atoms with E-state index in [2.05, 4.69) is 0 Å². The number of rotatable bonds is 4. The molecule has 0 aliphatic rings. The Kier molecular flexibility index (Phi) is 4.59. The molecule has 0 aromatic rings. The predicted molar refractivity (Wildman–Crippen MR) is 48.5 cm³/mol. The van der Waals surface area contributed by atoms with Crippen molar-refractivity contribution in [3.63, 3.8) is 0 Å². The lowest BCUT2D eigenvalue weighted by Crippen LogP contribution is -2.19. The van der Waals surface area contributed by atoms with Crippen LogP contribution in [0.25, 0.3) is 0 Å². The van der Waals surface area contributed by atoms with Crippen LogP contribution in [-0.2, 0) is 4.79 Å². The number of amides is 1. The minimum absolute atomic E-state index is 0.428. The van der Waals surface area contributed by atoms with Gasteiger partial charge in [-0.15, -0.1) is 0 Å². The Morgan fingerprint density at radius 2 is 2.00 bits per heavy atom. The summed E-state index contributed by atoms with van der Waals surface area (Å²) in [6.45, 7) is 5.46. The Labute approximate surface area is 73.3 Å². The zero-order valence-corrected chi connectivity index (χ0v) is 7.92. The van der Waals surface area contributed by atoms with Crippen molar-refractivity contribution >= 4 is 5.91 Å². The van der Waals surface area contributed by atoms with E-state index >= 15 is 0 Å². The average Bonchev–Trinajstić information content (AvgIpc) is 2.03. The standard InChI is InChI=1S/C9H17NO2/c1-4-7(9(10)12)6(3)8(11)5-2/h8,11H,4-5H2,1-3H3,(H2,10,12)/b7-6-. The molecule has 70 valence electrons. The van der Waals surface area contributed by atoms with E-state index in [0.717, 1.165) is 0 Å². The highest BCUT2D eigenvalue weighted by molar-refractivity contribution is 5.92. The van der Waals surface area contributed by atoms with Gasteiger partial charge in [0.15, 0.2) is 0 Å². The molecule has 12 heavy (non-hydrogen) atoms. The highest BCUT2D eigenvalue weighted by Gasteiger charge is 2.12. The van der Waals surface area contributed by atoms with Gasteiger partial charge in [-0.3, -0.25) is 4.79 Å². The van der Waals surface area contributed by atoms with E-state index in [0.29, 0.717) is 24.0 Å². The van der Waals surface area contributed by atoms with Crippen LogP contribution in [0.1, 0.15) is 33.6 Å². The van der Waals surface area contributed by atoms with Gasteiger partial charge >= 0.3 is 0 Å². The summed E-state index contributed by atoms with van der Waals surface area (Å²) < 4.78 is 0. The number of aliphatic hydroxyl groups is 1. The average molecular weight is 171 g/mol. The SMILES string of the molecule is CC/C(C(N)=O)=C(\C)C(O)CC. The van der Waals surface area contributed by atoms with Gasteiger partial charge in [0.05, 0.1) is 6.10 Å². The number of nitrogens with two attached hydrogens (primary N) is 1. The second kappa shape index (κ2) is 4.93. The van der Waals surface area contributed by atoms with Crippen molar-refractivity contribution in [1.82, 2.24) is 0 Å². The van der Waals surface area contributed by atoms with Crippen LogP contribution in [0.5, 0.6) is 0 Å². The van der Waals surface area contributed by atoms with Gasteiger partial charge in [0.25, 0.3) is 0 Å². The monoisotopic (exact) mass is 171 g/mol. The highest BCUT2D eigenvalue weighted by Crippen LogP contribution is 2.13. The van der Waals surface area contributed by atoms with E-state index in [-0.39, 0.29) is 0 Å². The molecule has 0 radical (unpaired) electrons. The van der Waals surface area contributed by atoms with E-state index in [1.807, 2.05) is 13.8 Å². The van der Waals surface area contributed by atoms with Crippen LogP contribution in [0, 0.1) is 0 Å². The van der Waals surface area contributed by atoms with Gasteiger partial charge in [-0.2, -0.15) is 0 Å². The predicted octanol–water partition coefficient (Wildman–Crippen LogP) is 0.969. The van der Waals surface area contributed by atoms with E-state index in [9.17, 15) is 9.90 Å². The summed E-state index contributed by atoms with van der Waals surface area (Å²) in [5, 5.41) is 9.41. The smallest absolute Gasteiger partial charge is 0.244 e. The van der Waals surface area contributed by atoms with Crippen molar-refractivity contribution in [3.8, 4) is 0 Å². The Balaban J connectivity index is 4.71. The van der Waals surface area contributed by atoms with Crippen LogP contribution < -0.4 is 5.73 Å². The Morgan fingerprint density at radius 1 is 1.50 bits per heavy atom. The van der Waals surface area contributed by atoms with E-state index < -0.39 is 12.0 Å². The third-order valence-electron chi connectivity index (χ3n) is 2.01. The normalized spacial score (nSPS) is 15.3. The second-order valence-electron chi connectivity index (χ2n) is 2.80. The van der Waals surface area contributed by atoms with E-state index in [1.165, 1.54) is 0 Å². The topological polar surface area (TPSA) is 63.3 Å². The molecule has 0 fully saturated rings. The molecule has 0 aliphatic heterocycles. The fraction of sp³-hybridized carbons (Fsp3) is 0.667. The number of hydrogen-bond donors (Lipinski definition) is 2. The molecule has 1 amide bonds. The molecule has 1 atom stereocenters. The first kappa shape index (κ1) is 11.2. The molecule has 0 rings (SSSR count). The van der Waals surface area contributed by atoms with Gasteiger partial charge in [-0.1, -0.05) is 13.8 Å². The number of carbonyl (C=O) groups is 1. The maximum atomic E-state index is 10.8. The Morgan fingerprint density at radius 3 is 2.25 bits per heavy atom. The summed E-state index contributed by atoms with van der Waals surface area (Å²) in [6, 6.07) is 0. The third kappa shape index (κ3) is 2.66. The van der Waals surface area contributed by atoms with Crippen LogP contribution in [0.15, 0.2) is 11.1 Å². The molecular formula is C9H17NO2. The largest absolute Gasteiger partial charge is 0.389 e. The van der Waals surface area contributed by atoms with Crippen molar-refractivity contribution in [2.75, 3.05) is 0 Å². The quantitative estimate of drug-likeness (QED) is 0.619. The molecule has 0 heterocycles. The van der Waals surface area contributed by atoms with Crippen LogP contribution in [0.2, 0.25) is 0 Å². The van der Waals surface area contributed by atoms with E-state index in [4.69, 9.17) is 5.73 Å². The molecule has 3 nitrogen and oxygen atoms in total. The maximum Gasteiger partial charge on any atom is 0.244 e. The van der Waals surface area contributed by atoms with Crippen LogP contribution in [0.3, 0.4) is 0 Å². The lowest BCUT2D eigenvalue weighted by molar-refractivity contribution is -0.114. The summed E-state index contributed by atoms with van der Waals surface area (Å²) in [5.41, 5.74) is 6.38. The first-order valence-corrected chi connectivity index (χ1v) is 4.22. The summed E-state index contributed by atoms with van der Waals surface area (Å²) in [6.07, 6.45) is 0.661. The number of carbonyl (C=O) groups excluding carboxylic acids is 1.